The standard InChI is InChI=1S/C36H57N5O19/c42-17-22-27(47)29(49)31(51)34(59-22)56-12-10-37-24(44)14-41(15-25(45)38-11-13-57-35-32(52)30(50)28(48)23(18-43)60-35)16-26(46)40-21(33(53)54)8-4-5-9-39-36(55)58-19-20-6-2-1-3-7-20/h1-3,6-7,21-23,27-32,34-35,42-43,47-52H,4-5,8-19H2,(H,37,44)(H,38,45)(H,39,55)(H,40,46)(H,53,54)/t21-,22+,23+,27+,28+,29-,30-,31-,32-,34-,35-/m0/s1. The molecule has 2 saturated heterocycles. The monoisotopic (exact) mass is 863 g/mol. The van der Waals surface area contributed by atoms with Crippen LogP contribution in [0.2, 0.25) is 0 Å². The maximum atomic E-state index is 13.1. The molecule has 24 heteroatoms. The molecule has 0 bridgehead atoms. The molecule has 0 aliphatic carbocycles. The van der Waals surface area contributed by atoms with Gasteiger partial charge < -0.3 is 90.9 Å². The minimum atomic E-state index is -1.68. The van der Waals surface area contributed by atoms with Crippen LogP contribution in [0.4, 0.5) is 4.79 Å². The first-order valence-corrected chi connectivity index (χ1v) is 19.2. The van der Waals surface area contributed by atoms with Gasteiger partial charge in [-0.3, -0.25) is 19.3 Å². The third-order valence-electron chi connectivity index (χ3n) is 9.25. The van der Waals surface area contributed by atoms with Gasteiger partial charge in [-0.1, -0.05) is 30.3 Å². The molecule has 0 spiro atoms. The number of carboxylic acids is 1. The number of aliphatic carboxylic acids is 1. The van der Waals surface area contributed by atoms with Crippen molar-refractivity contribution in [2.45, 2.75) is 93.3 Å². The largest absolute Gasteiger partial charge is 0.480 e. The first-order valence-electron chi connectivity index (χ1n) is 19.2. The number of carboxylic acid groups (broad SMARTS) is 1. The summed E-state index contributed by atoms with van der Waals surface area (Å²) in [6.45, 7) is -3.83. The fraction of sp³-hybridized carbons (Fsp3) is 0.694. The second-order valence-electron chi connectivity index (χ2n) is 13.9. The zero-order valence-electron chi connectivity index (χ0n) is 32.7. The summed E-state index contributed by atoms with van der Waals surface area (Å²) < 4.78 is 26.3. The molecule has 1 aromatic carbocycles. The van der Waals surface area contributed by atoms with Gasteiger partial charge in [0.15, 0.2) is 12.6 Å². The molecule has 2 aliphatic heterocycles. The second-order valence-corrected chi connectivity index (χ2v) is 13.9. The number of hydrogen-bond donors (Lipinski definition) is 13. The summed E-state index contributed by atoms with van der Waals surface area (Å²) in [5, 5.41) is 98.3. The van der Waals surface area contributed by atoms with E-state index < -0.39 is 130 Å². The number of alkyl carbamates (subject to hydrolysis) is 1. The molecule has 2 aliphatic rings. The minimum absolute atomic E-state index is 0.0221. The molecule has 1 aromatic rings. The molecule has 13 N–H and O–H groups in total. The minimum Gasteiger partial charge on any atom is -0.480 e. The molecule has 4 amide bonds. The number of nitrogens with one attached hydrogen (secondary N) is 4. The van der Waals surface area contributed by atoms with Crippen LogP contribution in [0.3, 0.4) is 0 Å². The number of aliphatic hydroxyl groups excluding tert-OH is 8. The van der Waals surface area contributed by atoms with Crippen molar-refractivity contribution in [3.05, 3.63) is 35.9 Å². The molecule has 24 nitrogen and oxygen atoms in total. The van der Waals surface area contributed by atoms with E-state index in [1.807, 2.05) is 6.07 Å². The average Bonchev–Trinajstić information content (AvgIpc) is 3.22. The van der Waals surface area contributed by atoms with Crippen LogP contribution in [0.15, 0.2) is 30.3 Å². The zero-order valence-corrected chi connectivity index (χ0v) is 32.7. The van der Waals surface area contributed by atoms with E-state index in [4.69, 9.17) is 23.7 Å². The number of unbranched alkanes of at least 4 members (excludes halogenated alkanes) is 1. The number of aliphatic hydroxyl groups is 8. The van der Waals surface area contributed by atoms with E-state index in [1.54, 1.807) is 24.3 Å². The second kappa shape index (κ2) is 26.2. The SMILES string of the molecule is O=C(CN(CC(=O)NCCO[C@H]1O[C@H](CO)[C@@H](O)[C@H](O)[C@@H]1O)CC(=O)N[C@@H](CCCCNC(=O)OCc1ccccc1)C(=O)O)NCCO[C@H]1O[C@H](CO)[C@@H](O)[C@H](O)[C@@H]1O. The van der Waals surface area contributed by atoms with Crippen LogP contribution in [0.25, 0.3) is 0 Å². The van der Waals surface area contributed by atoms with E-state index in [1.165, 1.54) is 0 Å². The van der Waals surface area contributed by atoms with Crippen molar-refractivity contribution in [2.75, 3.05) is 65.7 Å². The van der Waals surface area contributed by atoms with Gasteiger partial charge in [0.2, 0.25) is 17.7 Å². The molecule has 0 saturated carbocycles. The summed E-state index contributed by atoms with van der Waals surface area (Å²) in [4.78, 5) is 63.9. The summed E-state index contributed by atoms with van der Waals surface area (Å²) in [5.41, 5.74) is 0.798. The molecular weight excluding hydrogens is 806 g/mol. The van der Waals surface area contributed by atoms with Gasteiger partial charge in [0.25, 0.3) is 0 Å². The number of hydrogen-bond acceptors (Lipinski definition) is 19. The predicted molar refractivity (Wildman–Crippen MR) is 200 cm³/mol. The number of carbonyl (C=O) groups is 5. The van der Waals surface area contributed by atoms with Crippen molar-refractivity contribution in [2.24, 2.45) is 0 Å². The lowest BCUT2D eigenvalue weighted by Crippen LogP contribution is -2.59. The summed E-state index contributed by atoms with van der Waals surface area (Å²) >= 11 is 0. The van der Waals surface area contributed by atoms with Crippen LogP contribution in [0, 0.1) is 0 Å². The van der Waals surface area contributed by atoms with Gasteiger partial charge in [-0.15, -0.1) is 0 Å². The maximum absolute atomic E-state index is 13.1. The van der Waals surface area contributed by atoms with Crippen LogP contribution >= 0.6 is 0 Å². The molecule has 0 unspecified atom stereocenters. The van der Waals surface area contributed by atoms with E-state index in [-0.39, 0.29) is 52.3 Å². The lowest BCUT2D eigenvalue weighted by atomic mass is 9.99. The number of ether oxygens (including phenoxy) is 5. The maximum Gasteiger partial charge on any atom is 0.407 e. The molecule has 60 heavy (non-hydrogen) atoms. The molecule has 2 fully saturated rings. The molecule has 2 heterocycles. The predicted octanol–water partition coefficient (Wildman–Crippen LogP) is -6.18. The Labute approximate surface area is 344 Å². The zero-order chi connectivity index (χ0) is 44.2. The molecule has 340 valence electrons. The van der Waals surface area contributed by atoms with Crippen molar-refractivity contribution >= 4 is 29.8 Å². The van der Waals surface area contributed by atoms with E-state index in [9.17, 15) is 69.9 Å². The summed E-state index contributed by atoms with van der Waals surface area (Å²) in [7, 11) is 0. The van der Waals surface area contributed by atoms with Crippen LogP contribution in [-0.2, 0) is 49.5 Å². The normalized spacial score (nSPS) is 27.1. The van der Waals surface area contributed by atoms with Gasteiger partial charge in [0, 0.05) is 19.6 Å². The third kappa shape index (κ3) is 16.7. The van der Waals surface area contributed by atoms with E-state index in [0.717, 1.165) is 10.5 Å². The smallest absolute Gasteiger partial charge is 0.407 e. The number of benzene rings is 1. The molecule has 3 rings (SSSR count). The van der Waals surface area contributed by atoms with Crippen LogP contribution in [0.5, 0.6) is 0 Å². The fourth-order valence-electron chi connectivity index (χ4n) is 5.97. The third-order valence-corrected chi connectivity index (χ3v) is 9.25. The topological polar surface area (TPSA) is 365 Å². The Balaban J connectivity index is 1.49. The molecule has 0 aromatic heterocycles. The Bertz CT molecular complexity index is 1420. The van der Waals surface area contributed by atoms with Gasteiger partial charge >= 0.3 is 12.1 Å². The molecule has 11 atom stereocenters. The Morgan fingerprint density at radius 1 is 0.650 bits per heavy atom. The number of nitrogens with zero attached hydrogens (tertiary/aromatic N) is 1. The van der Waals surface area contributed by atoms with Gasteiger partial charge in [-0.2, -0.15) is 0 Å². The van der Waals surface area contributed by atoms with Crippen LogP contribution in [-0.4, -0.2) is 214 Å². The highest BCUT2D eigenvalue weighted by molar-refractivity contribution is 5.86. The van der Waals surface area contributed by atoms with E-state index in [0.29, 0.717) is 6.42 Å². The Morgan fingerprint density at radius 3 is 1.63 bits per heavy atom. The Morgan fingerprint density at radius 2 is 1.15 bits per heavy atom. The highest BCUT2D eigenvalue weighted by Gasteiger charge is 2.45. The lowest BCUT2D eigenvalue weighted by molar-refractivity contribution is -0.300. The Hall–Kier alpha value is -4.15. The first kappa shape index (κ1) is 50.2. The Kier molecular flexibility index (Phi) is 22.0. The van der Waals surface area contributed by atoms with E-state index in [2.05, 4.69) is 21.3 Å². The fourth-order valence-corrected chi connectivity index (χ4v) is 5.97. The van der Waals surface area contributed by atoms with Crippen LogP contribution in [0.1, 0.15) is 24.8 Å². The highest BCUT2D eigenvalue weighted by atomic mass is 16.7. The first-order chi connectivity index (χ1) is 28.6. The quantitative estimate of drug-likeness (QED) is 0.0407. The van der Waals surface area contributed by atoms with Crippen molar-refractivity contribution in [1.29, 1.82) is 0 Å². The average molecular weight is 864 g/mol. The molecular formula is C36H57N5O19. The number of rotatable bonds is 25. The number of amides is 4. The highest BCUT2D eigenvalue weighted by Crippen LogP contribution is 2.23. The summed E-state index contributed by atoms with van der Waals surface area (Å²) in [6.07, 6.45) is -15.3. The summed E-state index contributed by atoms with van der Waals surface area (Å²) in [6, 6.07) is 7.66. The van der Waals surface area contributed by atoms with Crippen molar-refractivity contribution in [1.82, 2.24) is 26.2 Å². The van der Waals surface area contributed by atoms with Gasteiger partial charge in [0.05, 0.1) is 46.1 Å². The van der Waals surface area contributed by atoms with E-state index >= 15 is 0 Å². The van der Waals surface area contributed by atoms with Crippen LogP contribution < -0.4 is 21.3 Å². The summed E-state index contributed by atoms with van der Waals surface area (Å²) in [5.74, 6) is -3.63. The van der Waals surface area contributed by atoms with Crippen molar-refractivity contribution in [3.8, 4) is 0 Å². The lowest BCUT2D eigenvalue weighted by Gasteiger charge is -2.39. The van der Waals surface area contributed by atoms with Gasteiger partial charge in [-0.25, -0.2) is 9.59 Å². The molecule has 0 radical (unpaired) electrons. The van der Waals surface area contributed by atoms with Crippen molar-refractivity contribution < 1.29 is 93.6 Å². The van der Waals surface area contributed by atoms with Gasteiger partial charge in [0.1, 0.15) is 61.5 Å². The van der Waals surface area contributed by atoms with Gasteiger partial charge in [-0.05, 0) is 24.8 Å². The van der Waals surface area contributed by atoms with Crippen molar-refractivity contribution in [3.63, 3.8) is 0 Å². The number of carbonyl (C=O) groups excluding carboxylic acids is 4.